The van der Waals surface area contributed by atoms with Crippen molar-refractivity contribution in [3.8, 4) is 5.75 Å². The molecule has 2 unspecified atom stereocenters. The lowest BCUT2D eigenvalue weighted by molar-refractivity contribution is -0.376. The molecule has 0 fully saturated rings. The molecule has 0 aromatic heterocycles. The number of alkyl halides is 6. The number of hydrogen-bond acceptors (Lipinski definition) is 3. The number of benzene rings is 2. The van der Waals surface area contributed by atoms with Gasteiger partial charge in [-0.05, 0) is 23.8 Å². The first-order valence-electron chi connectivity index (χ1n) is 9.48. The van der Waals surface area contributed by atoms with Gasteiger partial charge in [-0.25, -0.2) is 8.78 Å². The van der Waals surface area contributed by atoms with Crippen molar-refractivity contribution in [1.82, 2.24) is 0 Å². The summed E-state index contributed by atoms with van der Waals surface area (Å²) in [6.45, 7) is 3.05. The maximum absolute atomic E-state index is 14.2. The average molecular weight is 467 g/mol. The monoisotopic (exact) mass is 467 g/mol. The van der Waals surface area contributed by atoms with E-state index in [0.29, 0.717) is 18.2 Å². The van der Waals surface area contributed by atoms with Crippen molar-refractivity contribution in [3.05, 3.63) is 58.7 Å². The molecule has 2 heterocycles. The molecule has 11 heteroatoms. The van der Waals surface area contributed by atoms with Crippen molar-refractivity contribution in [2.24, 2.45) is 5.92 Å². The molecular formula is C21H17F8NO2. The Morgan fingerprint density at radius 1 is 1.00 bits per heavy atom. The van der Waals surface area contributed by atoms with Gasteiger partial charge in [0, 0.05) is 34.2 Å². The highest BCUT2D eigenvalue weighted by Gasteiger charge is 2.71. The topological polar surface area (TPSA) is 41.5 Å². The molecule has 0 radical (unpaired) electrons. The second-order valence-electron chi connectivity index (χ2n) is 8.53. The summed E-state index contributed by atoms with van der Waals surface area (Å²) in [5, 5.41) is 12.7. The standard InChI is InChI=1S/C21H17F8NO2/c1-18(2)12-5-9(19(31,20(24,25)26)21(27,28)29)3-4-15(12)30-16-11-6-10(22)7-14(23)17(11)32-8-13(16)18/h3-7,13,16,30-31H,8H2,1-2H3. The summed E-state index contributed by atoms with van der Waals surface area (Å²) < 4.78 is 114. The first-order valence-corrected chi connectivity index (χ1v) is 9.48. The fourth-order valence-electron chi connectivity index (χ4n) is 4.54. The molecule has 4 rings (SSSR count). The van der Waals surface area contributed by atoms with Gasteiger partial charge in [0.05, 0.1) is 12.6 Å². The fourth-order valence-corrected chi connectivity index (χ4v) is 4.54. The molecule has 0 spiro atoms. The zero-order valence-corrected chi connectivity index (χ0v) is 16.6. The fraction of sp³-hybridized carbons (Fsp3) is 0.429. The Bertz CT molecular complexity index is 1060. The summed E-state index contributed by atoms with van der Waals surface area (Å²) in [7, 11) is 0. The molecule has 2 N–H and O–H groups in total. The molecule has 0 bridgehead atoms. The Balaban J connectivity index is 1.86. The van der Waals surface area contributed by atoms with Crippen LogP contribution in [0.25, 0.3) is 0 Å². The first-order chi connectivity index (χ1) is 14.6. The number of rotatable bonds is 1. The van der Waals surface area contributed by atoms with Crippen LogP contribution in [0, 0.1) is 17.6 Å². The molecule has 2 atom stereocenters. The molecule has 2 aromatic carbocycles. The van der Waals surface area contributed by atoms with Gasteiger partial charge in [0.1, 0.15) is 5.82 Å². The van der Waals surface area contributed by atoms with Gasteiger partial charge in [0.15, 0.2) is 11.6 Å². The molecule has 0 saturated carbocycles. The van der Waals surface area contributed by atoms with E-state index in [1.165, 1.54) is 0 Å². The van der Waals surface area contributed by atoms with Crippen LogP contribution in [-0.4, -0.2) is 24.1 Å². The van der Waals surface area contributed by atoms with Gasteiger partial charge in [0.25, 0.3) is 5.60 Å². The Hall–Kier alpha value is -2.56. The summed E-state index contributed by atoms with van der Waals surface area (Å²) >= 11 is 0. The van der Waals surface area contributed by atoms with E-state index < -0.39 is 52.5 Å². The molecule has 174 valence electrons. The van der Waals surface area contributed by atoms with E-state index in [4.69, 9.17) is 4.74 Å². The lowest BCUT2D eigenvalue weighted by atomic mass is 9.64. The van der Waals surface area contributed by atoms with Crippen LogP contribution in [0.2, 0.25) is 0 Å². The smallest absolute Gasteiger partial charge is 0.430 e. The highest BCUT2D eigenvalue weighted by Crippen LogP contribution is 2.55. The molecule has 2 aliphatic rings. The van der Waals surface area contributed by atoms with E-state index in [1.807, 2.05) is 0 Å². The molecule has 2 aliphatic heterocycles. The SMILES string of the molecule is CC1(C)c2cc(C(O)(C(F)(F)F)C(F)(F)F)ccc2NC2c3cc(F)cc(F)c3OCC21. The summed E-state index contributed by atoms with van der Waals surface area (Å²) in [5.41, 5.74) is -7.11. The normalized spacial score (nSPS) is 22.2. The minimum Gasteiger partial charge on any atom is -0.490 e. The van der Waals surface area contributed by atoms with Crippen LogP contribution in [0.3, 0.4) is 0 Å². The van der Waals surface area contributed by atoms with Crippen molar-refractivity contribution in [1.29, 1.82) is 0 Å². The van der Waals surface area contributed by atoms with Gasteiger partial charge in [-0.2, -0.15) is 26.3 Å². The molecule has 2 aromatic rings. The van der Waals surface area contributed by atoms with Crippen molar-refractivity contribution in [2.75, 3.05) is 11.9 Å². The average Bonchev–Trinajstić information content (AvgIpc) is 2.65. The molecule has 0 aliphatic carbocycles. The van der Waals surface area contributed by atoms with Crippen LogP contribution in [0.15, 0.2) is 30.3 Å². The van der Waals surface area contributed by atoms with Crippen LogP contribution in [0.4, 0.5) is 40.8 Å². The predicted molar refractivity (Wildman–Crippen MR) is 97.2 cm³/mol. The summed E-state index contributed by atoms with van der Waals surface area (Å²) in [6, 6.07) is 3.22. The second kappa shape index (κ2) is 6.72. The number of halogens is 8. The van der Waals surface area contributed by atoms with E-state index in [-0.39, 0.29) is 29.2 Å². The summed E-state index contributed by atoms with van der Waals surface area (Å²) in [6.07, 6.45) is -12.0. The van der Waals surface area contributed by atoms with Gasteiger partial charge in [-0.15, -0.1) is 0 Å². The Labute approximate surface area is 177 Å². The van der Waals surface area contributed by atoms with Crippen molar-refractivity contribution < 1.29 is 45.0 Å². The maximum Gasteiger partial charge on any atom is 0.430 e. The molecular weight excluding hydrogens is 450 g/mol. The number of ether oxygens (including phenoxy) is 1. The number of anilines is 1. The van der Waals surface area contributed by atoms with Gasteiger partial charge in [-0.1, -0.05) is 19.9 Å². The van der Waals surface area contributed by atoms with Gasteiger partial charge >= 0.3 is 12.4 Å². The predicted octanol–water partition coefficient (Wildman–Crippen LogP) is 5.73. The van der Waals surface area contributed by atoms with Crippen molar-refractivity contribution >= 4 is 5.69 Å². The van der Waals surface area contributed by atoms with Gasteiger partial charge in [-0.3, -0.25) is 0 Å². The largest absolute Gasteiger partial charge is 0.490 e. The van der Waals surface area contributed by atoms with Crippen molar-refractivity contribution in [3.63, 3.8) is 0 Å². The van der Waals surface area contributed by atoms with Crippen LogP contribution in [-0.2, 0) is 11.0 Å². The Morgan fingerprint density at radius 2 is 1.62 bits per heavy atom. The molecule has 0 amide bonds. The molecule has 3 nitrogen and oxygen atoms in total. The second-order valence-corrected chi connectivity index (χ2v) is 8.53. The van der Waals surface area contributed by atoms with E-state index in [9.17, 15) is 40.2 Å². The van der Waals surface area contributed by atoms with Gasteiger partial charge < -0.3 is 15.2 Å². The van der Waals surface area contributed by atoms with Crippen molar-refractivity contribution in [2.45, 2.75) is 43.3 Å². The Kier molecular flexibility index (Phi) is 4.75. The number of nitrogens with one attached hydrogen (secondary N) is 1. The lowest BCUT2D eigenvalue weighted by Gasteiger charge is -2.49. The maximum atomic E-state index is 14.2. The highest BCUT2D eigenvalue weighted by molar-refractivity contribution is 5.62. The van der Waals surface area contributed by atoms with Crippen LogP contribution in [0.5, 0.6) is 5.75 Å². The minimum absolute atomic E-state index is 0.0760. The molecule has 0 saturated heterocycles. The van der Waals surface area contributed by atoms with Crippen LogP contribution in [0.1, 0.15) is 36.6 Å². The Morgan fingerprint density at radius 3 is 2.22 bits per heavy atom. The highest BCUT2D eigenvalue weighted by atomic mass is 19.4. The number of aliphatic hydroxyl groups is 1. The van der Waals surface area contributed by atoms with Crippen LogP contribution >= 0.6 is 0 Å². The first kappa shape index (κ1) is 22.6. The third-order valence-electron chi connectivity index (χ3n) is 6.37. The summed E-state index contributed by atoms with van der Waals surface area (Å²) in [5.74, 6) is -2.53. The van der Waals surface area contributed by atoms with E-state index in [1.54, 1.807) is 13.8 Å². The third-order valence-corrected chi connectivity index (χ3v) is 6.37. The zero-order valence-electron chi connectivity index (χ0n) is 16.6. The van der Waals surface area contributed by atoms with Gasteiger partial charge in [0.2, 0.25) is 0 Å². The number of fused-ring (bicyclic) bond motifs is 4. The quantitative estimate of drug-likeness (QED) is 0.527. The van der Waals surface area contributed by atoms with E-state index in [2.05, 4.69) is 5.32 Å². The lowest BCUT2D eigenvalue weighted by Crippen LogP contribution is -2.54. The van der Waals surface area contributed by atoms with Crippen LogP contribution < -0.4 is 10.1 Å². The zero-order chi connectivity index (χ0) is 23.9. The minimum atomic E-state index is -6.02. The van der Waals surface area contributed by atoms with E-state index in [0.717, 1.165) is 12.1 Å². The third kappa shape index (κ3) is 3.04. The van der Waals surface area contributed by atoms with E-state index >= 15 is 0 Å². The summed E-state index contributed by atoms with van der Waals surface area (Å²) in [4.78, 5) is 0. The number of hydrogen-bond donors (Lipinski definition) is 2. The molecule has 32 heavy (non-hydrogen) atoms.